The van der Waals surface area contributed by atoms with Gasteiger partial charge in [-0.25, -0.2) is 9.18 Å². The Kier molecular flexibility index (Phi) is 3.84. The van der Waals surface area contributed by atoms with Crippen LogP contribution in [-0.2, 0) is 4.74 Å². The van der Waals surface area contributed by atoms with Gasteiger partial charge in [-0.05, 0) is 39.0 Å². The fraction of sp³-hybridized carbons (Fsp3) is 0.286. The van der Waals surface area contributed by atoms with Crippen LogP contribution in [0, 0.1) is 5.82 Å². The molecule has 0 saturated carbocycles. The summed E-state index contributed by atoms with van der Waals surface area (Å²) in [6.07, 6.45) is -0.607. The van der Waals surface area contributed by atoms with Gasteiger partial charge in [0.15, 0.2) is 0 Å². The smallest absolute Gasteiger partial charge is 0.412 e. The van der Waals surface area contributed by atoms with Crippen LogP contribution in [0.1, 0.15) is 20.8 Å². The van der Waals surface area contributed by atoms with Gasteiger partial charge >= 0.3 is 6.09 Å². The largest absolute Gasteiger partial charge is 0.444 e. The molecule has 0 fully saturated rings. The first-order chi connectivity index (χ1) is 9.74. The van der Waals surface area contributed by atoms with Crippen LogP contribution in [0.3, 0.4) is 0 Å². The predicted octanol–water partition coefficient (Wildman–Crippen LogP) is 3.15. The molecule has 1 aromatic heterocycles. The number of halogens is 1. The van der Waals surface area contributed by atoms with E-state index in [1.807, 2.05) is 0 Å². The fourth-order valence-corrected chi connectivity index (χ4v) is 1.71. The number of hydrogen-bond donors (Lipinski definition) is 3. The number of amides is 1. The van der Waals surface area contributed by atoms with Crippen molar-refractivity contribution in [1.29, 1.82) is 0 Å². The van der Waals surface area contributed by atoms with Gasteiger partial charge in [-0.1, -0.05) is 0 Å². The van der Waals surface area contributed by atoms with Crippen LogP contribution in [0.2, 0.25) is 0 Å². The van der Waals surface area contributed by atoms with Gasteiger partial charge in [-0.15, -0.1) is 0 Å². The molecule has 1 aromatic carbocycles. The summed E-state index contributed by atoms with van der Waals surface area (Å²) in [4.78, 5) is 11.7. The normalized spacial score (nSPS) is 11.2. The maximum atomic E-state index is 13.8. The van der Waals surface area contributed by atoms with Gasteiger partial charge < -0.3 is 10.5 Å². The van der Waals surface area contributed by atoms with Crippen LogP contribution in [0.5, 0.6) is 0 Å². The Hall–Kier alpha value is -2.57. The van der Waals surface area contributed by atoms with E-state index in [1.165, 1.54) is 24.3 Å². The standard InChI is InChI=1S/C14H17FN4O2/c1-14(2,3)21-13(20)17-8-4-5-10(15)9(6-8)11-7-12(16)19-18-11/h4-7H,1-3H3,(H,17,20)(H3,16,18,19). The molecule has 0 atom stereocenters. The van der Waals surface area contributed by atoms with Gasteiger partial charge in [0.25, 0.3) is 0 Å². The van der Waals surface area contributed by atoms with Crippen LogP contribution < -0.4 is 11.1 Å². The molecule has 4 N–H and O–H groups in total. The van der Waals surface area contributed by atoms with Crippen LogP contribution >= 0.6 is 0 Å². The lowest BCUT2D eigenvalue weighted by molar-refractivity contribution is 0.0636. The van der Waals surface area contributed by atoms with Crippen molar-refractivity contribution in [3.05, 3.63) is 30.1 Å². The number of carbonyl (C=O) groups excluding carboxylic acids is 1. The summed E-state index contributed by atoms with van der Waals surface area (Å²) in [7, 11) is 0. The van der Waals surface area contributed by atoms with Gasteiger partial charge in [-0.2, -0.15) is 5.10 Å². The zero-order valence-electron chi connectivity index (χ0n) is 12.0. The number of benzene rings is 1. The number of nitrogen functional groups attached to an aromatic ring is 1. The highest BCUT2D eigenvalue weighted by Gasteiger charge is 2.17. The highest BCUT2D eigenvalue weighted by Crippen LogP contribution is 2.25. The number of aromatic amines is 1. The summed E-state index contributed by atoms with van der Waals surface area (Å²) < 4.78 is 19.0. The van der Waals surface area contributed by atoms with Crippen molar-refractivity contribution >= 4 is 17.6 Å². The summed E-state index contributed by atoms with van der Waals surface area (Å²) in [5.74, 6) is -0.191. The zero-order valence-corrected chi connectivity index (χ0v) is 12.0. The lowest BCUT2D eigenvalue weighted by Crippen LogP contribution is -2.27. The Morgan fingerprint density at radius 3 is 2.67 bits per heavy atom. The van der Waals surface area contributed by atoms with Crippen molar-refractivity contribution in [2.75, 3.05) is 11.1 Å². The molecular weight excluding hydrogens is 275 g/mol. The van der Waals surface area contributed by atoms with E-state index in [1.54, 1.807) is 20.8 Å². The number of aromatic nitrogens is 2. The molecule has 0 aliphatic rings. The third-order valence-corrected chi connectivity index (χ3v) is 2.50. The van der Waals surface area contributed by atoms with E-state index in [2.05, 4.69) is 15.5 Å². The molecule has 21 heavy (non-hydrogen) atoms. The Balaban J connectivity index is 2.21. The van der Waals surface area contributed by atoms with Crippen molar-refractivity contribution in [2.24, 2.45) is 0 Å². The average Bonchev–Trinajstić information content (AvgIpc) is 2.76. The van der Waals surface area contributed by atoms with Crippen LogP contribution in [0.15, 0.2) is 24.3 Å². The fourth-order valence-electron chi connectivity index (χ4n) is 1.71. The minimum Gasteiger partial charge on any atom is -0.444 e. The summed E-state index contributed by atoms with van der Waals surface area (Å²) in [6, 6.07) is 5.68. The first-order valence-corrected chi connectivity index (χ1v) is 6.35. The predicted molar refractivity (Wildman–Crippen MR) is 78.3 cm³/mol. The number of nitrogens with two attached hydrogens (primary N) is 1. The van der Waals surface area contributed by atoms with E-state index in [0.717, 1.165) is 0 Å². The van der Waals surface area contributed by atoms with E-state index < -0.39 is 17.5 Å². The zero-order chi connectivity index (χ0) is 15.6. The van der Waals surface area contributed by atoms with Crippen molar-refractivity contribution in [1.82, 2.24) is 10.2 Å². The molecule has 2 rings (SSSR count). The van der Waals surface area contributed by atoms with Crippen molar-refractivity contribution in [3.8, 4) is 11.3 Å². The van der Waals surface area contributed by atoms with Crippen LogP contribution in [0.25, 0.3) is 11.3 Å². The first-order valence-electron chi connectivity index (χ1n) is 6.35. The topological polar surface area (TPSA) is 93.0 Å². The molecule has 0 radical (unpaired) electrons. The molecule has 0 saturated heterocycles. The molecule has 7 heteroatoms. The Bertz CT molecular complexity index is 661. The summed E-state index contributed by atoms with van der Waals surface area (Å²) in [6.45, 7) is 5.28. The van der Waals surface area contributed by atoms with Crippen molar-refractivity contribution in [2.45, 2.75) is 26.4 Å². The van der Waals surface area contributed by atoms with E-state index >= 15 is 0 Å². The first kappa shape index (κ1) is 14.8. The number of nitrogens with one attached hydrogen (secondary N) is 2. The number of anilines is 2. The third-order valence-electron chi connectivity index (χ3n) is 2.50. The molecule has 0 spiro atoms. The lowest BCUT2D eigenvalue weighted by Gasteiger charge is -2.19. The number of hydrogen-bond acceptors (Lipinski definition) is 4. The molecule has 6 nitrogen and oxygen atoms in total. The van der Waals surface area contributed by atoms with E-state index in [9.17, 15) is 9.18 Å². The molecule has 1 amide bonds. The molecule has 112 valence electrons. The van der Waals surface area contributed by atoms with Crippen LogP contribution in [-0.4, -0.2) is 21.9 Å². The maximum absolute atomic E-state index is 13.8. The number of carbonyl (C=O) groups is 1. The number of ether oxygens (including phenoxy) is 1. The number of nitrogens with zero attached hydrogens (tertiary/aromatic N) is 1. The van der Waals surface area contributed by atoms with Gasteiger partial charge in [0.05, 0.1) is 5.69 Å². The van der Waals surface area contributed by atoms with Crippen molar-refractivity contribution < 1.29 is 13.9 Å². The van der Waals surface area contributed by atoms with Crippen molar-refractivity contribution in [3.63, 3.8) is 0 Å². The second-order valence-electron chi connectivity index (χ2n) is 5.53. The van der Waals surface area contributed by atoms with Crippen LogP contribution in [0.4, 0.5) is 20.7 Å². The molecule has 2 aromatic rings. The average molecular weight is 292 g/mol. The Labute approximate surface area is 121 Å². The summed E-state index contributed by atoms with van der Waals surface area (Å²) in [5.41, 5.74) is 5.99. The molecule has 1 heterocycles. The van der Waals surface area contributed by atoms with E-state index in [0.29, 0.717) is 11.4 Å². The molecule has 0 bridgehead atoms. The maximum Gasteiger partial charge on any atom is 0.412 e. The Morgan fingerprint density at radius 2 is 2.10 bits per heavy atom. The summed E-state index contributed by atoms with van der Waals surface area (Å²) in [5, 5.41) is 8.92. The molecule has 0 unspecified atom stereocenters. The number of rotatable bonds is 2. The van der Waals surface area contributed by atoms with Gasteiger partial charge in [-0.3, -0.25) is 10.4 Å². The van der Waals surface area contributed by atoms with Gasteiger partial charge in [0.1, 0.15) is 17.2 Å². The van der Waals surface area contributed by atoms with E-state index in [4.69, 9.17) is 10.5 Å². The lowest BCUT2D eigenvalue weighted by atomic mass is 10.1. The highest BCUT2D eigenvalue weighted by atomic mass is 19.1. The molecule has 0 aliphatic carbocycles. The van der Waals surface area contributed by atoms with Gasteiger partial charge in [0.2, 0.25) is 0 Å². The van der Waals surface area contributed by atoms with Gasteiger partial charge in [0, 0.05) is 17.3 Å². The minimum atomic E-state index is -0.607. The Morgan fingerprint density at radius 1 is 1.38 bits per heavy atom. The molecular formula is C14H17FN4O2. The number of H-pyrrole nitrogens is 1. The quantitative estimate of drug-likeness (QED) is 0.792. The molecule has 0 aliphatic heterocycles. The monoisotopic (exact) mass is 292 g/mol. The second-order valence-corrected chi connectivity index (χ2v) is 5.53. The third kappa shape index (κ3) is 3.95. The summed E-state index contributed by atoms with van der Waals surface area (Å²) >= 11 is 0. The van der Waals surface area contributed by atoms with E-state index in [-0.39, 0.29) is 11.4 Å². The highest BCUT2D eigenvalue weighted by molar-refractivity contribution is 5.86. The second kappa shape index (κ2) is 5.43. The minimum absolute atomic E-state index is 0.257. The SMILES string of the molecule is CC(C)(C)OC(=O)Nc1ccc(F)c(-c2cc(N)n[nH]2)c1.